The smallest absolute Gasteiger partial charge is 0.0119 e. The molecule has 0 fully saturated rings. The highest BCUT2D eigenvalue weighted by atomic mass is 127. The van der Waals surface area contributed by atoms with Crippen LogP contribution in [0.2, 0.25) is 0 Å². The molecule has 1 unspecified atom stereocenters. The molecule has 11 heavy (non-hydrogen) atoms. The molecule has 0 N–H and O–H groups in total. The van der Waals surface area contributed by atoms with E-state index in [1.54, 1.807) is 3.58 Å². The Morgan fingerprint density at radius 3 is 2.82 bits per heavy atom. The Labute approximate surface area is 79.1 Å². The summed E-state index contributed by atoms with van der Waals surface area (Å²) in [5.41, 5.74) is 0. The minimum atomic E-state index is 0.245. The van der Waals surface area contributed by atoms with Crippen molar-refractivity contribution < 1.29 is 0 Å². The van der Waals surface area contributed by atoms with Crippen molar-refractivity contribution in [2.75, 3.05) is 0 Å². The molecule has 1 aliphatic heterocycles. The van der Waals surface area contributed by atoms with Crippen LogP contribution in [0.25, 0.3) is 0 Å². The molecule has 0 saturated heterocycles. The van der Waals surface area contributed by atoms with Crippen molar-refractivity contribution in [3.8, 4) is 0 Å². The third kappa shape index (κ3) is 2.89. The highest BCUT2D eigenvalue weighted by Gasteiger charge is 2.04. The number of hydrogen-bond acceptors (Lipinski definition) is 0. The molecule has 0 spiro atoms. The van der Waals surface area contributed by atoms with E-state index in [0.29, 0.717) is 0 Å². The third-order valence-corrected chi connectivity index (χ3v) is 4.74. The van der Waals surface area contributed by atoms with Gasteiger partial charge in [-0.2, -0.15) is 0 Å². The number of halogens is 1. The predicted molar refractivity (Wildman–Crippen MR) is 61.4 cm³/mol. The van der Waals surface area contributed by atoms with Crippen molar-refractivity contribution in [1.82, 2.24) is 0 Å². The molecular weight excluding hydrogens is 247 g/mol. The second-order valence-corrected chi connectivity index (χ2v) is 5.45. The maximum absolute atomic E-state index is 2.35. The van der Waals surface area contributed by atoms with Crippen molar-refractivity contribution in [1.29, 1.82) is 0 Å². The van der Waals surface area contributed by atoms with Gasteiger partial charge < -0.3 is 0 Å². The van der Waals surface area contributed by atoms with Gasteiger partial charge in [-0.25, -0.2) is 0 Å². The standard InChI is InChI=1S/C10H15I/c1-3-6-9(2)10-7-4-5-8-11-10/h4-5,7-9H,3,6H2,1-2H3. The van der Waals surface area contributed by atoms with Crippen LogP contribution in [0.15, 0.2) is 21.8 Å². The van der Waals surface area contributed by atoms with E-state index in [9.17, 15) is 0 Å². The summed E-state index contributed by atoms with van der Waals surface area (Å²) >= 11 is 0.245. The number of allylic oxidation sites excluding steroid dienone is 4. The zero-order valence-corrected chi connectivity index (χ0v) is 9.34. The Morgan fingerprint density at radius 1 is 1.45 bits per heavy atom. The van der Waals surface area contributed by atoms with E-state index in [2.05, 4.69) is 36.1 Å². The summed E-state index contributed by atoms with van der Waals surface area (Å²) in [6.07, 6.45) is 9.33. The molecule has 0 aromatic carbocycles. The van der Waals surface area contributed by atoms with E-state index in [4.69, 9.17) is 0 Å². The average Bonchev–Trinajstić information content (AvgIpc) is 2.07. The summed E-state index contributed by atoms with van der Waals surface area (Å²) in [6.45, 7) is 4.61. The van der Waals surface area contributed by atoms with Crippen LogP contribution in [-0.4, -0.2) is 4.01 Å². The number of hydrogen-bond donors (Lipinski definition) is 0. The van der Waals surface area contributed by atoms with Gasteiger partial charge in [0.15, 0.2) is 0 Å². The van der Waals surface area contributed by atoms with Crippen LogP contribution in [0, 0.1) is 5.92 Å². The quantitative estimate of drug-likeness (QED) is 0.681. The minimum Gasteiger partial charge on any atom is -0.0899 e. The first-order chi connectivity index (χ1) is 5.34. The summed E-state index contributed by atoms with van der Waals surface area (Å²) in [7, 11) is 0. The molecule has 62 valence electrons. The molecule has 1 heterocycles. The Bertz CT molecular complexity index is 199. The minimum absolute atomic E-state index is 0.245. The Hall–Kier alpha value is 0.0800. The first-order valence-corrected chi connectivity index (χ1v) is 6.50. The number of rotatable bonds is 3. The highest BCUT2D eigenvalue weighted by Crippen LogP contribution is 2.28. The molecule has 0 saturated carbocycles. The molecule has 1 atom stereocenters. The van der Waals surface area contributed by atoms with Gasteiger partial charge in [0.25, 0.3) is 0 Å². The fourth-order valence-electron chi connectivity index (χ4n) is 1.18. The Balaban J connectivity index is 2.53. The summed E-state index contributed by atoms with van der Waals surface area (Å²) < 4.78 is 4.05. The van der Waals surface area contributed by atoms with Gasteiger partial charge in [0.1, 0.15) is 0 Å². The van der Waals surface area contributed by atoms with Crippen LogP contribution in [0.5, 0.6) is 0 Å². The van der Waals surface area contributed by atoms with Crippen molar-refractivity contribution >= 4 is 24.7 Å². The monoisotopic (exact) mass is 262 g/mol. The topological polar surface area (TPSA) is 0 Å². The largest absolute Gasteiger partial charge is 0.0899 e. The normalized spacial score (nSPS) is 18.9. The summed E-state index contributed by atoms with van der Waals surface area (Å²) in [4.78, 5) is 0. The van der Waals surface area contributed by atoms with Crippen LogP contribution in [-0.2, 0) is 0 Å². The van der Waals surface area contributed by atoms with Crippen molar-refractivity contribution in [3.05, 3.63) is 21.8 Å². The highest BCUT2D eigenvalue weighted by molar-refractivity contribution is 14.2. The Morgan fingerprint density at radius 2 is 2.27 bits per heavy atom. The average molecular weight is 262 g/mol. The summed E-state index contributed by atoms with van der Waals surface area (Å²) in [5.74, 6) is 0.828. The van der Waals surface area contributed by atoms with Gasteiger partial charge in [-0.05, 0) is 19.9 Å². The first kappa shape index (κ1) is 9.17. The zero-order chi connectivity index (χ0) is 8.10. The summed E-state index contributed by atoms with van der Waals surface area (Å²) in [5, 5.41) is 0. The fourth-order valence-corrected chi connectivity index (χ4v) is 3.38. The van der Waals surface area contributed by atoms with E-state index in [1.807, 2.05) is 0 Å². The molecule has 1 aliphatic rings. The second kappa shape index (κ2) is 4.86. The maximum atomic E-state index is 2.35. The van der Waals surface area contributed by atoms with E-state index in [1.165, 1.54) is 12.8 Å². The van der Waals surface area contributed by atoms with Crippen LogP contribution in [0.3, 0.4) is 0 Å². The molecule has 0 bridgehead atoms. The van der Waals surface area contributed by atoms with Crippen LogP contribution >= 0.6 is 20.7 Å². The van der Waals surface area contributed by atoms with Gasteiger partial charge in [0, 0.05) is 0 Å². The lowest BCUT2D eigenvalue weighted by Gasteiger charge is -2.11. The molecule has 0 aliphatic carbocycles. The molecule has 0 nitrogen and oxygen atoms in total. The maximum Gasteiger partial charge on any atom is -0.0119 e. The fraction of sp³-hybridized carbons (Fsp3) is 0.500. The van der Waals surface area contributed by atoms with Crippen molar-refractivity contribution in [3.63, 3.8) is 0 Å². The van der Waals surface area contributed by atoms with E-state index in [0.717, 1.165) is 5.92 Å². The van der Waals surface area contributed by atoms with E-state index >= 15 is 0 Å². The van der Waals surface area contributed by atoms with Gasteiger partial charge in [-0.1, -0.05) is 59.2 Å². The zero-order valence-electron chi connectivity index (χ0n) is 7.18. The van der Waals surface area contributed by atoms with Crippen molar-refractivity contribution in [2.24, 2.45) is 5.92 Å². The van der Waals surface area contributed by atoms with E-state index in [-0.39, 0.29) is 20.7 Å². The molecular formula is C10H15I. The van der Waals surface area contributed by atoms with Gasteiger partial charge in [0.05, 0.1) is 0 Å². The lowest BCUT2D eigenvalue weighted by molar-refractivity contribution is 0.630. The second-order valence-electron chi connectivity index (χ2n) is 2.86. The van der Waals surface area contributed by atoms with Crippen molar-refractivity contribution in [2.45, 2.75) is 26.7 Å². The molecule has 0 aromatic rings. The molecule has 0 radical (unpaired) electrons. The van der Waals surface area contributed by atoms with Gasteiger partial charge in [0.2, 0.25) is 0 Å². The third-order valence-electron chi connectivity index (χ3n) is 1.82. The molecule has 1 rings (SSSR count). The van der Waals surface area contributed by atoms with Gasteiger partial charge in [-0.15, -0.1) is 0 Å². The lowest BCUT2D eigenvalue weighted by atomic mass is 10.1. The first-order valence-electron chi connectivity index (χ1n) is 4.18. The molecule has 0 amide bonds. The van der Waals surface area contributed by atoms with Crippen LogP contribution in [0.4, 0.5) is 0 Å². The predicted octanol–water partition coefficient (Wildman–Crippen LogP) is 3.65. The van der Waals surface area contributed by atoms with E-state index < -0.39 is 0 Å². The summed E-state index contributed by atoms with van der Waals surface area (Å²) in [6, 6.07) is 0. The molecule has 1 heteroatoms. The lowest BCUT2D eigenvalue weighted by Crippen LogP contribution is -1.94. The van der Waals surface area contributed by atoms with Crippen LogP contribution < -0.4 is 0 Å². The van der Waals surface area contributed by atoms with Crippen LogP contribution in [0.1, 0.15) is 26.7 Å². The Kier molecular flexibility index (Phi) is 4.05. The molecule has 0 aromatic heterocycles. The van der Waals surface area contributed by atoms with Gasteiger partial charge in [-0.3, -0.25) is 0 Å². The van der Waals surface area contributed by atoms with Gasteiger partial charge >= 0.3 is 0 Å². The SMILES string of the molecule is CCCC(C)C1=CC=CC=I1.